The molecule has 4 rings (SSSR count). The third-order valence-electron chi connectivity index (χ3n) is 6.46. The number of methoxy groups -OCH3 is 4. The van der Waals surface area contributed by atoms with Gasteiger partial charge in [-0.2, -0.15) is 0 Å². The summed E-state index contributed by atoms with van der Waals surface area (Å²) in [4.78, 5) is 0. The average Bonchev–Trinajstić information content (AvgIpc) is 2.97. The number of alkyl halides is 3. The Kier molecular flexibility index (Phi) is 11.2. The highest BCUT2D eigenvalue weighted by molar-refractivity contribution is 6.68. The molecule has 0 aromatic heterocycles. The summed E-state index contributed by atoms with van der Waals surface area (Å²) in [5.74, 6) is 3.29. The van der Waals surface area contributed by atoms with Crippen molar-refractivity contribution in [2.24, 2.45) is 0 Å². The van der Waals surface area contributed by atoms with Gasteiger partial charge in [-0.15, -0.1) is 0 Å². The monoisotopic (exact) mass is 586 g/mol. The Morgan fingerprint density at radius 3 is 0.872 bits per heavy atom. The average molecular weight is 588 g/mol. The highest BCUT2D eigenvalue weighted by Gasteiger charge is 2.35. The number of hydrogen-bond donors (Lipinski definition) is 0. The largest absolute Gasteiger partial charge is 0.497 e. The van der Waals surface area contributed by atoms with Crippen molar-refractivity contribution in [3.63, 3.8) is 0 Å². The molecule has 0 aliphatic rings. The van der Waals surface area contributed by atoms with Gasteiger partial charge in [0.15, 0.2) is 0 Å². The van der Waals surface area contributed by atoms with Crippen LogP contribution >= 0.6 is 34.8 Å². The van der Waals surface area contributed by atoms with Crippen LogP contribution in [0.25, 0.3) is 0 Å². The molecule has 4 aromatic rings. The van der Waals surface area contributed by atoms with E-state index in [0.717, 1.165) is 34.1 Å². The number of hydrogen-bond acceptors (Lipinski definition) is 4. The van der Waals surface area contributed by atoms with Crippen LogP contribution in [0.5, 0.6) is 23.0 Å². The van der Waals surface area contributed by atoms with E-state index in [2.05, 4.69) is 31.2 Å². The summed E-state index contributed by atoms with van der Waals surface area (Å²) in [6.45, 7) is 2.20. The van der Waals surface area contributed by atoms with Crippen LogP contribution in [0.4, 0.5) is 0 Å². The second-order valence-corrected chi connectivity index (χ2v) is 11.2. The van der Waals surface area contributed by atoms with Gasteiger partial charge in [0.05, 0.1) is 34.4 Å². The lowest BCUT2D eigenvalue weighted by atomic mass is 9.92. The fourth-order valence-corrected chi connectivity index (χ4v) is 4.90. The Morgan fingerprint density at radius 2 is 0.667 bits per heavy atom. The molecule has 0 saturated carbocycles. The Balaban J connectivity index is 0.000000218. The van der Waals surface area contributed by atoms with E-state index in [4.69, 9.17) is 53.8 Å². The smallest absolute Gasteiger partial charge is 0.201 e. The molecular formula is C32H33Cl3O4. The van der Waals surface area contributed by atoms with E-state index in [1.54, 1.807) is 28.4 Å². The van der Waals surface area contributed by atoms with Crippen molar-refractivity contribution in [2.75, 3.05) is 28.4 Å². The maximum Gasteiger partial charge on any atom is 0.201 e. The number of halogens is 3. The first-order valence-electron chi connectivity index (χ1n) is 12.3. The summed E-state index contributed by atoms with van der Waals surface area (Å²) < 4.78 is 19.2. The Hall–Kier alpha value is -3.05. The van der Waals surface area contributed by atoms with Gasteiger partial charge in [-0.3, -0.25) is 0 Å². The van der Waals surface area contributed by atoms with Gasteiger partial charge in [-0.1, -0.05) is 90.3 Å². The van der Waals surface area contributed by atoms with Crippen molar-refractivity contribution in [2.45, 2.75) is 22.6 Å². The number of ether oxygens (including phenoxy) is 4. The van der Waals surface area contributed by atoms with Crippen LogP contribution in [-0.4, -0.2) is 32.2 Å². The van der Waals surface area contributed by atoms with Crippen molar-refractivity contribution in [1.29, 1.82) is 0 Å². The van der Waals surface area contributed by atoms with E-state index < -0.39 is 3.79 Å². The van der Waals surface area contributed by atoms with Gasteiger partial charge in [-0.25, -0.2) is 0 Å². The fraction of sp³-hybridized carbons (Fsp3) is 0.250. The van der Waals surface area contributed by atoms with Crippen LogP contribution in [0.15, 0.2) is 97.1 Å². The molecule has 0 spiro atoms. The Bertz CT molecular complexity index is 1170. The first-order valence-corrected chi connectivity index (χ1v) is 13.5. The molecule has 0 fully saturated rings. The topological polar surface area (TPSA) is 36.9 Å². The first kappa shape index (κ1) is 30.5. The minimum Gasteiger partial charge on any atom is -0.497 e. The molecule has 4 aromatic carbocycles. The molecule has 0 radical (unpaired) electrons. The highest BCUT2D eigenvalue weighted by atomic mass is 35.6. The number of rotatable bonds is 8. The second kappa shape index (κ2) is 14.4. The third kappa shape index (κ3) is 8.47. The van der Waals surface area contributed by atoms with Crippen LogP contribution in [0, 0.1) is 0 Å². The molecular weight excluding hydrogens is 555 g/mol. The predicted molar refractivity (Wildman–Crippen MR) is 162 cm³/mol. The van der Waals surface area contributed by atoms with E-state index in [-0.39, 0.29) is 5.92 Å². The van der Waals surface area contributed by atoms with E-state index in [0.29, 0.717) is 5.92 Å². The van der Waals surface area contributed by atoms with Gasteiger partial charge in [0, 0.05) is 5.92 Å². The molecule has 0 amide bonds. The van der Waals surface area contributed by atoms with E-state index >= 15 is 0 Å². The van der Waals surface area contributed by atoms with Gasteiger partial charge in [0.2, 0.25) is 3.79 Å². The van der Waals surface area contributed by atoms with Crippen molar-refractivity contribution in [1.82, 2.24) is 0 Å². The van der Waals surface area contributed by atoms with Crippen molar-refractivity contribution in [3.05, 3.63) is 119 Å². The van der Waals surface area contributed by atoms with Crippen LogP contribution in [0.1, 0.15) is 41.0 Å². The summed E-state index contributed by atoms with van der Waals surface area (Å²) in [7, 11) is 6.60. The normalized spacial score (nSPS) is 11.0. The lowest BCUT2D eigenvalue weighted by Gasteiger charge is -2.25. The lowest BCUT2D eigenvalue weighted by molar-refractivity contribution is 0.414. The summed E-state index contributed by atoms with van der Waals surface area (Å²) in [5.41, 5.74) is 4.36. The van der Waals surface area contributed by atoms with E-state index in [1.165, 1.54) is 11.1 Å². The van der Waals surface area contributed by atoms with Crippen LogP contribution < -0.4 is 18.9 Å². The first-order chi connectivity index (χ1) is 18.7. The SMILES string of the molecule is COc1ccc(C(C)c2ccc(OC)cc2)cc1.COc1ccc(C(c2ccc(OC)cc2)C(Cl)(Cl)Cl)cc1. The van der Waals surface area contributed by atoms with Crippen LogP contribution in [-0.2, 0) is 0 Å². The minimum atomic E-state index is -1.46. The number of benzene rings is 4. The maximum atomic E-state index is 6.18. The van der Waals surface area contributed by atoms with Gasteiger partial charge >= 0.3 is 0 Å². The molecule has 0 saturated heterocycles. The van der Waals surface area contributed by atoms with Crippen molar-refractivity contribution in [3.8, 4) is 23.0 Å². The van der Waals surface area contributed by atoms with Gasteiger partial charge < -0.3 is 18.9 Å². The molecule has 0 aliphatic heterocycles. The van der Waals surface area contributed by atoms with Crippen LogP contribution in [0.2, 0.25) is 0 Å². The highest BCUT2D eigenvalue weighted by Crippen LogP contribution is 2.46. The maximum absolute atomic E-state index is 6.18. The quantitative estimate of drug-likeness (QED) is 0.193. The van der Waals surface area contributed by atoms with E-state index in [1.807, 2.05) is 72.8 Å². The van der Waals surface area contributed by atoms with Crippen molar-refractivity contribution < 1.29 is 18.9 Å². The summed E-state index contributed by atoms with van der Waals surface area (Å²) in [6, 6.07) is 31.4. The van der Waals surface area contributed by atoms with Crippen molar-refractivity contribution >= 4 is 34.8 Å². The second-order valence-electron chi connectivity index (χ2n) is 8.79. The molecule has 39 heavy (non-hydrogen) atoms. The summed E-state index contributed by atoms with van der Waals surface area (Å²) >= 11 is 18.6. The molecule has 0 bridgehead atoms. The molecule has 0 aliphatic carbocycles. The van der Waals surface area contributed by atoms with Gasteiger partial charge in [0.25, 0.3) is 0 Å². The molecule has 0 heterocycles. The minimum absolute atomic E-state index is 0.363. The molecule has 0 unspecified atom stereocenters. The zero-order chi connectivity index (χ0) is 28.4. The predicted octanol–water partition coefficient (Wildman–Crippen LogP) is 9.06. The zero-order valence-corrected chi connectivity index (χ0v) is 24.9. The van der Waals surface area contributed by atoms with Crippen LogP contribution in [0.3, 0.4) is 0 Å². The molecule has 206 valence electrons. The molecule has 0 atom stereocenters. The summed E-state index contributed by atoms with van der Waals surface area (Å²) in [6.07, 6.45) is 0. The molecule has 4 nitrogen and oxygen atoms in total. The Labute approximate surface area is 246 Å². The van der Waals surface area contributed by atoms with Gasteiger partial charge in [-0.05, 0) is 70.8 Å². The van der Waals surface area contributed by atoms with Gasteiger partial charge in [0.1, 0.15) is 23.0 Å². The standard InChI is InChI=1S/C16H15Cl3O2.C16H18O2/c1-20-13-7-3-11(4-8-13)15(16(17,18)19)12-5-9-14(21-2)10-6-12;1-12(13-4-8-15(17-2)9-5-13)14-6-10-16(18-3)11-7-14/h3-10,15H,1-2H3;4-12H,1-3H3. The lowest BCUT2D eigenvalue weighted by Crippen LogP contribution is -2.18. The molecule has 0 N–H and O–H groups in total. The summed E-state index contributed by atoms with van der Waals surface area (Å²) in [5, 5.41) is 0. The fourth-order valence-electron chi connectivity index (χ4n) is 4.14. The third-order valence-corrected chi connectivity index (χ3v) is 7.11. The Morgan fingerprint density at radius 1 is 0.436 bits per heavy atom. The zero-order valence-electron chi connectivity index (χ0n) is 22.7. The van der Waals surface area contributed by atoms with E-state index in [9.17, 15) is 0 Å². The molecule has 7 heteroatoms.